The van der Waals surface area contributed by atoms with E-state index in [0.29, 0.717) is 10.1 Å². The van der Waals surface area contributed by atoms with E-state index in [2.05, 4.69) is 6.58 Å². The first-order chi connectivity index (χ1) is 11.9. The Morgan fingerprint density at radius 2 is 1.92 bits per heavy atom. The average Bonchev–Trinajstić information content (AvgIpc) is 2.96. The number of methoxy groups -OCH3 is 1. The van der Waals surface area contributed by atoms with E-state index in [4.69, 9.17) is 4.74 Å². The van der Waals surface area contributed by atoms with Crippen LogP contribution in [0.25, 0.3) is 27.3 Å². The molecule has 1 heterocycles. The van der Waals surface area contributed by atoms with E-state index < -0.39 is 23.4 Å². The van der Waals surface area contributed by atoms with Crippen LogP contribution in [0.2, 0.25) is 0 Å². The van der Waals surface area contributed by atoms with Crippen LogP contribution in [0.3, 0.4) is 0 Å². The van der Waals surface area contributed by atoms with Gasteiger partial charge in [-0.2, -0.15) is 0 Å². The Morgan fingerprint density at radius 1 is 1.20 bits per heavy atom. The summed E-state index contributed by atoms with van der Waals surface area (Å²) in [5.41, 5.74) is 0.249. The molecule has 3 rings (SSSR count). The number of benzene rings is 2. The third-order valence-corrected chi connectivity index (χ3v) is 5.05. The SMILES string of the molecule is C=Cc1c(F)c(C)cc(-c2c(C(=O)OC)sc3cc(F)ccc23)c1F. The Bertz CT molecular complexity index is 1020. The second-order valence-electron chi connectivity index (χ2n) is 5.43. The summed E-state index contributed by atoms with van der Waals surface area (Å²) in [7, 11) is 1.21. The lowest BCUT2D eigenvalue weighted by Crippen LogP contribution is -2.02. The maximum Gasteiger partial charge on any atom is 0.348 e. The molecular formula is C19H13F3O2S. The molecule has 25 heavy (non-hydrogen) atoms. The number of carbonyl (C=O) groups is 1. The van der Waals surface area contributed by atoms with E-state index in [9.17, 15) is 18.0 Å². The van der Waals surface area contributed by atoms with Gasteiger partial charge in [0.1, 0.15) is 22.3 Å². The molecular weight excluding hydrogens is 349 g/mol. The van der Waals surface area contributed by atoms with Crippen LogP contribution in [0.4, 0.5) is 13.2 Å². The van der Waals surface area contributed by atoms with Crippen molar-refractivity contribution < 1.29 is 22.7 Å². The number of esters is 1. The molecule has 0 N–H and O–H groups in total. The zero-order valence-corrected chi connectivity index (χ0v) is 14.3. The van der Waals surface area contributed by atoms with Crippen molar-refractivity contribution in [2.75, 3.05) is 7.11 Å². The number of rotatable bonds is 3. The topological polar surface area (TPSA) is 26.3 Å². The van der Waals surface area contributed by atoms with Crippen LogP contribution in [0.5, 0.6) is 0 Å². The molecule has 0 bridgehead atoms. The van der Waals surface area contributed by atoms with Crippen molar-refractivity contribution in [3.8, 4) is 11.1 Å². The highest BCUT2D eigenvalue weighted by atomic mass is 32.1. The van der Waals surface area contributed by atoms with E-state index in [1.807, 2.05) is 0 Å². The Morgan fingerprint density at radius 3 is 2.56 bits per heavy atom. The van der Waals surface area contributed by atoms with Gasteiger partial charge in [0.15, 0.2) is 0 Å². The van der Waals surface area contributed by atoms with Crippen molar-refractivity contribution in [1.82, 2.24) is 0 Å². The molecule has 2 nitrogen and oxygen atoms in total. The minimum atomic E-state index is -0.827. The van der Waals surface area contributed by atoms with Crippen molar-refractivity contribution in [2.24, 2.45) is 0 Å². The summed E-state index contributed by atoms with van der Waals surface area (Å²) >= 11 is 0.997. The monoisotopic (exact) mass is 362 g/mol. The maximum absolute atomic E-state index is 14.9. The van der Waals surface area contributed by atoms with Crippen LogP contribution < -0.4 is 0 Å². The Kier molecular flexibility index (Phi) is 4.39. The first-order valence-corrected chi connectivity index (χ1v) is 8.12. The van der Waals surface area contributed by atoms with Crippen LogP contribution in [0, 0.1) is 24.4 Å². The molecule has 0 radical (unpaired) electrons. The Hall–Kier alpha value is -2.60. The summed E-state index contributed by atoms with van der Waals surface area (Å²) in [6.45, 7) is 4.94. The predicted molar refractivity (Wildman–Crippen MR) is 93.3 cm³/mol. The summed E-state index contributed by atoms with van der Waals surface area (Å²) in [5, 5.41) is 0.492. The van der Waals surface area contributed by atoms with Crippen LogP contribution in [0.1, 0.15) is 20.8 Å². The summed E-state index contributed by atoms with van der Waals surface area (Å²) < 4.78 is 47.8. The van der Waals surface area contributed by atoms with E-state index in [1.54, 1.807) is 0 Å². The van der Waals surface area contributed by atoms with Crippen molar-refractivity contribution >= 4 is 33.5 Å². The molecule has 0 aliphatic rings. The summed E-state index contributed by atoms with van der Waals surface area (Å²) in [6, 6.07) is 5.28. The molecule has 0 aliphatic carbocycles. The van der Waals surface area contributed by atoms with Gasteiger partial charge in [0.25, 0.3) is 0 Å². The number of aryl methyl sites for hydroxylation is 1. The van der Waals surface area contributed by atoms with Gasteiger partial charge in [-0.05, 0) is 36.8 Å². The quantitative estimate of drug-likeness (QED) is 0.557. The summed E-state index contributed by atoms with van der Waals surface area (Å²) in [5.74, 6) is -2.67. The number of hydrogen-bond acceptors (Lipinski definition) is 3. The molecule has 0 saturated heterocycles. The third kappa shape index (κ3) is 2.72. The lowest BCUT2D eigenvalue weighted by atomic mass is 9.96. The second kappa shape index (κ2) is 6.37. The minimum Gasteiger partial charge on any atom is -0.465 e. The predicted octanol–water partition coefficient (Wildman–Crippen LogP) is 5.72. The highest BCUT2D eigenvalue weighted by Crippen LogP contribution is 2.42. The summed E-state index contributed by atoms with van der Waals surface area (Å²) in [6.07, 6.45) is 1.09. The van der Waals surface area contributed by atoms with E-state index >= 15 is 0 Å². The second-order valence-corrected chi connectivity index (χ2v) is 6.48. The first-order valence-electron chi connectivity index (χ1n) is 7.30. The molecule has 0 aliphatic heterocycles. The molecule has 1 aromatic heterocycles. The van der Waals surface area contributed by atoms with Gasteiger partial charge in [0, 0.05) is 26.8 Å². The van der Waals surface area contributed by atoms with Gasteiger partial charge < -0.3 is 4.74 Å². The van der Waals surface area contributed by atoms with E-state index in [0.717, 1.165) is 17.4 Å². The van der Waals surface area contributed by atoms with Crippen LogP contribution >= 0.6 is 11.3 Å². The highest BCUT2D eigenvalue weighted by Gasteiger charge is 2.25. The van der Waals surface area contributed by atoms with E-state index in [-0.39, 0.29) is 27.1 Å². The van der Waals surface area contributed by atoms with E-state index in [1.165, 1.54) is 38.3 Å². The average molecular weight is 362 g/mol. The third-order valence-electron chi connectivity index (χ3n) is 3.91. The van der Waals surface area contributed by atoms with Gasteiger partial charge in [0.2, 0.25) is 0 Å². The normalized spacial score (nSPS) is 10.9. The molecule has 2 aromatic carbocycles. The minimum absolute atomic E-state index is 0.0482. The molecule has 0 amide bonds. The van der Waals surface area contributed by atoms with Gasteiger partial charge >= 0.3 is 5.97 Å². The lowest BCUT2D eigenvalue weighted by Gasteiger charge is -2.11. The van der Waals surface area contributed by atoms with Gasteiger partial charge in [-0.25, -0.2) is 18.0 Å². The maximum atomic E-state index is 14.9. The first kappa shape index (κ1) is 17.2. The van der Waals surface area contributed by atoms with Gasteiger partial charge in [0.05, 0.1) is 7.11 Å². The summed E-state index contributed by atoms with van der Waals surface area (Å²) in [4.78, 5) is 12.3. The zero-order valence-electron chi connectivity index (χ0n) is 13.5. The highest BCUT2D eigenvalue weighted by molar-refractivity contribution is 7.21. The fourth-order valence-electron chi connectivity index (χ4n) is 2.73. The zero-order chi connectivity index (χ0) is 18.3. The number of thiophene rings is 1. The van der Waals surface area contributed by atoms with Crippen molar-refractivity contribution in [2.45, 2.75) is 6.92 Å². The van der Waals surface area contributed by atoms with Crippen molar-refractivity contribution in [1.29, 1.82) is 0 Å². The number of carbonyl (C=O) groups excluding carboxylic acids is 1. The van der Waals surface area contributed by atoms with Crippen molar-refractivity contribution in [3.05, 3.63) is 64.3 Å². The van der Waals surface area contributed by atoms with Gasteiger partial charge in [-0.3, -0.25) is 0 Å². The fraction of sp³-hybridized carbons (Fsp3) is 0.105. The molecule has 6 heteroatoms. The smallest absolute Gasteiger partial charge is 0.348 e. The number of halogens is 3. The van der Waals surface area contributed by atoms with Gasteiger partial charge in [-0.1, -0.05) is 12.7 Å². The number of fused-ring (bicyclic) bond motifs is 1. The molecule has 0 unspecified atom stereocenters. The Balaban J connectivity index is 2.45. The lowest BCUT2D eigenvalue weighted by molar-refractivity contribution is 0.0607. The van der Waals surface area contributed by atoms with Crippen LogP contribution in [-0.4, -0.2) is 13.1 Å². The molecule has 0 saturated carbocycles. The van der Waals surface area contributed by atoms with Gasteiger partial charge in [-0.15, -0.1) is 11.3 Å². The largest absolute Gasteiger partial charge is 0.465 e. The van der Waals surface area contributed by atoms with Crippen molar-refractivity contribution in [3.63, 3.8) is 0 Å². The molecule has 0 atom stereocenters. The number of ether oxygens (including phenoxy) is 1. The van der Waals surface area contributed by atoms with Crippen LogP contribution in [-0.2, 0) is 4.74 Å². The van der Waals surface area contributed by atoms with Crippen LogP contribution in [0.15, 0.2) is 30.8 Å². The Labute approximate surface area is 146 Å². The molecule has 0 fully saturated rings. The standard InChI is InChI=1S/C19H13F3O2S/c1-4-11-16(21)9(2)7-13(17(11)22)15-12-6-5-10(20)8-14(12)25-18(15)19(23)24-3/h4-8H,1H2,2-3H3. The molecule has 0 spiro atoms. The molecule has 128 valence electrons. The fourth-order valence-corrected chi connectivity index (χ4v) is 3.89. The number of hydrogen-bond donors (Lipinski definition) is 0. The molecule has 3 aromatic rings.